The molecule has 12 nitrogen and oxygen atoms in total. The van der Waals surface area contributed by atoms with Crippen LogP contribution in [0, 0.1) is 13.8 Å². The molecule has 0 spiro atoms. The Morgan fingerprint density at radius 3 is 0.828 bits per heavy atom. The van der Waals surface area contributed by atoms with E-state index >= 15 is 0 Å². The summed E-state index contributed by atoms with van der Waals surface area (Å²) in [5.41, 5.74) is 1.86. The van der Waals surface area contributed by atoms with Crippen molar-refractivity contribution in [2.75, 3.05) is 0 Å². The molecule has 0 radical (unpaired) electrons. The molecule has 29 heavy (non-hydrogen) atoms. The molecule has 0 aliphatic heterocycles. The fourth-order valence-electron chi connectivity index (χ4n) is 1.41. The zero-order valence-electron chi connectivity index (χ0n) is 15.6. The topological polar surface area (TPSA) is 303 Å². The van der Waals surface area contributed by atoms with Crippen molar-refractivity contribution < 1.29 is 78.3 Å². The Labute approximate surface area is 181 Å². The van der Waals surface area contributed by atoms with Gasteiger partial charge in [0.05, 0.1) is 9.79 Å². The molecule has 2 rings (SSSR count). The van der Waals surface area contributed by atoms with Crippen LogP contribution in [0.15, 0.2) is 58.3 Å². The van der Waals surface area contributed by atoms with Crippen molar-refractivity contribution in [2.24, 2.45) is 0 Å². The van der Waals surface area contributed by atoms with Crippen LogP contribution >= 0.6 is 0 Å². The van der Waals surface area contributed by atoms with E-state index in [0.717, 1.165) is 11.1 Å². The van der Waals surface area contributed by atoms with Crippen LogP contribution in [0.25, 0.3) is 0 Å². The minimum atomic E-state index is -4.27. The monoisotopic (exact) mass is 514 g/mol. The normalized spacial score (nSPS) is 8.69. The Morgan fingerprint density at radius 1 is 0.517 bits per heavy atom. The molecule has 0 atom stereocenters. The van der Waals surface area contributed by atoms with Gasteiger partial charge in [0, 0.05) is 0 Å². The maximum Gasteiger partial charge on any atom is 2.00 e. The predicted octanol–water partition coefficient (Wildman–Crippen LogP) is -3.15. The van der Waals surface area contributed by atoms with E-state index in [1.807, 2.05) is 13.8 Å². The van der Waals surface area contributed by atoms with Gasteiger partial charge in [-0.2, -0.15) is 0 Å². The number of aryl methyl sites for hydroxylation is 2. The van der Waals surface area contributed by atoms with Gasteiger partial charge < -0.3 is 42.0 Å². The Kier molecular flexibility index (Phi) is 29.6. The molecule has 0 bridgehead atoms. The molecule has 0 aliphatic rings. The fraction of sp³-hybridized carbons (Fsp3) is 0.143. The van der Waals surface area contributed by atoms with Crippen molar-refractivity contribution in [2.45, 2.75) is 23.6 Å². The molecule has 168 valence electrons. The average Bonchev–Trinajstić information content (AvgIpc) is 2.38. The summed E-state index contributed by atoms with van der Waals surface area (Å²) in [6, 6.07) is 11.6. The summed E-state index contributed by atoms with van der Waals surface area (Å²) < 4.78 is 62.3. The van der Waals surface area contributed by atoms with Crippen LogP contribution in [0.5, 0.6) is 0 Å². The van der Waals surface area contributed by atoms with Crippen molar-refractivity contribution in [1.82, 2.24) is 0 Å². The molecule has 0 aromatic heterocycles. The SMILES string of the molecule is Cc1ccc(S(=O)(=O)[O-])cc1.Cc1ccc(S(=O)(=O)[O-])cc1.O.O.O.O.O.O.[Zn+2]. The second-order valence-corrected chi connectivity index (χ2v) is 7.29. The van der Waals surface area contributed by atoms with Crippen LogP contribution in [0.1, 0.15) is 11.1 Å². The zero-order valence-corrected chi connectivity index (χ0v) is 20.2. The minimum absolute atomic E-state index is 0. The molecule has 0 heterocycles. The Bertz CT molecular complexity index is 762. The summed E-state index contributed by atoms with van der Waals surface area (Å²) in [4.78, 5) is -0.355. The van der Waals surface area contributed by atoms with E-state index < -0.39 is 20.2 Å². The number of hydrogen-bond donors (Lipinski definition) is 0. The summed E-state index contributed by atoms with van der Waals surface area (Å²) in [6.45, 7) is 3.64. The molecule has 0 aliphatic carbocycles. The molecule has 0 amide bonds. The van der Waals surface area contributed by atoms with Gasteiger partial charge in [-0.25, -0.2) is 16.8 Å². The van der Waals surface area contributed by atoms with Gasteiger partial charge in [0.25, 0.3) is 0 Å². The third-order valence-electron chi connectivity index (χ3n) is 2.62. The van der Waals surface area contributed by atoms with Gasteiger partial charge >= 0.3 is 19.5 Å². The van der Waals surface area contributed by atoms with Crippen LogP contribution < -0.4 is 0 Å². The van der Waals surface area contributed by atoms with Crippen LogP contribution in [0.4, 0.5) is 0 Å². The Balaban J connectivity index is -0.0000000538. The van der Waals surface area contributed by atoms with Gasteiger partial charge in [-0.05, 0) is 38.1 Å². The summed E-state index contributed by atoms with van der Waals surface area (Å²) in [5, 5.41) is 0. The first-order chi connectivity index (χ1) is 10.00. The quantitative estimate of drug-likeness (QED) is 0.293. The molecular formula is C14H26O12S2Zn. The largest absolute Gasteiger partial charge is 2.00 e. The van der Waals surface area contributed by atoms with Crippen molar-refractivity contribution >= 4 is 20.2 Å². The van der Waals surface area contributed by atoms with Crippen molar-refractivity contribution in [3.8, 4) is 0 Å². The molecule has 2 aromatic rings. The van der Waals surface area contributed by atoms with Gasteiger partial charge in [0.2, 0.25) is 0 Å². The van der Waals surface area contributed by atoms with E-state index in [1.54, 1.807) is 24.3 Å². The van der Waals surface area contributed by atoms with Crippen molar-refractivity contribution in [3.05, 3.63) is 59.7 Å². The molecular weight excluding hydrogens is 490 g/mol. The third kappa shape index (κ3) is 17.2. The number of benzene rings is 2. The van der Waals surface area contributed by atoms with E-state index in [-0.39, 0.29) is 62.1 Å². The van der Waals surface area contributed by atoms with Gasteiger partial charge in [0.1, 0.15) is 20.2 Å². The minimum Gasteiger partial charge on any atom is -0.744 e. The van der Waals surface area contributed by atoms with Gasteiger partial charge in [-0.3, -0.25) is 0 Å². The van der Waals surface area contributed by atoms with Gasteiger partial charge in [0.15, 0.2) is 0 Å². The van der Waals surface area contributed by atoms with E-state index in [1.165, 1.54) is 24.3 Å². The molecule has 0 unspecified atom stereocenters. The maximum atomic E-state index is 10.4. The third-order valence-corrected chi connectivity index (χ3v) is 4.32. The molecule has 0 saturated heterocycles. The Morgan fingerprint density at radius 2 is 0.690 bits per heavy atom. The summed E-state index contributed by atoms with van der Waals surface area (Å²) >= 11 is 0. The second-order valence-electron chi connectivity index (χ2n) is 4.53. The van der Waals surface area contributed by atoms with Crippen LogP contribution in [-0.2, 0) is 39.7 Å². The smallest absolute Gasteiger partial charge is 0.744 e. The van der Waals surface area contributed by atoms with E-state index in [9.17, 15) is 25.9 Å². The summed E-state index contributed by atoms with van der Waals surface area (Å²) in [5.74, 6) is 0. The predicted molar refractivity (Wildman–Crippen MR) is 100.0 cm³/mol. The average molecular weight is 516 g/mol. The van der Waals surface area contributed by atoms with E-state index in [2.05, 4.69) is 0 Å². The summed E-state index contributed by atoms with van der Waals surface area (Å²) in [7, 11) is -8.54. The zero-order chi connectivity index (χ0) is 17.0. The van der Waals surface area contributed by atoms with E-state index in [0.29, 0.717) is 0 Å². The maximum absolute atomic E-state index is 10.4. The first kappa shape index (κ1) is 46.0. The fourth-order valence-corrected chi connectivity index (χ4v) is 2.35. The van der Waals surface area contributed by atoms with Crippen molar-refractivity contribution in [1.29, 1.82) is 0 Å². The molecule has 12 N–H and O–H groups in total. The number of rotatable bonds is 2. The Hall–Kier alpha value is -1.36. The van der Waals surface area contributed by atoms with Gasteiger partial charge in [-0.15, -0.1) is 0 Å². The first-order valence-corrected chi connectivity index (χ1v) is 8.87. The van der Waals surface area contributed by atoms with Gasteiger partial charge in [-0.1, -0.05) is 35.4 Å². The first-order valence-electron chi connectivity index (χ1n) is 6.05. The van der Waals surface area contributed by atoms with Crippen LogP contribution in [0.3, 0.4) is 0 Å². The second kappa shape index (κ2) is 18.7. The van der Waals surface area contributed by atoms with Crippen molar-refractivity contribution in [3.63, 3.8) is 0 Å². The van der Waals surface area contributed by atoms with E-state index in [4.69, 9.17) is 0 Å². The molecule has 0 saturated carbocycles. The standard InChI is InChI=1S/2C7H8O3S.6H2O.Zn/c2*1-6-2-4-7(5-3-6)11(8,9)10;;;;;;;/h2*2-5H,1H3,(H,8,9,10);6*1H2;/q;;;;;;;;+2/p-2. The summed E-state index contributed by atoms with van der Waals surface area (Å²) in [6.07, 6.45) is 0. The molecule has 2 aromatic carbocycles. The number of hydrogen-bond acceptors (Lipinski definition) is 6. The van der Waals surface area contributed by atoms with Crippen LogP contribution in [0.2, 0.25) is 0 Å². The molecule has 15 heteroatoms. The van der Waals surface area contributed by atoms with Crippen LogP contribution in [-0.4, -0.2) is 58.8 Å². The molecule has 0 fully saturated rings.